The molecule has 1 fully saturated rings. The van der Waals surface area contributed by atoms with Gasteiger partial charge in [0, 0.05) is 25.3 Å². The van der Waals surface area contributed by atoms with Crippen LogP contribution in [-0.4, -0.2) is 29.9 Å². The molecule has 2 aromatic rings. The van der Waals surface area contributed by atoms with Crippen LogP contribution in [0.4, 0.5) is 10.1 Å². The summed E-state index contributed by atoms with van der Waals surface area (Å²) in [5.74, 6) is -0.461. The molecule has 1 amide bonds. The quantitative estimate of drug-likeness (QED) is 0.838. The van der Waals surface area contributed by atoms with E-state index in [-0.39, 0.29) is 17.0 Å². The molecule has 0 N–H and O–H groups in total. The van der Waals surface area contributed by atoms with Crippen molar-refractivity contribution in [3.05, 3.63) is 64.4 Å². The second-order valence-corrected chi connectivity index (χ2v) is 6.57. The summed E-state index contributed by atoms with van der Waals surface area (Å²) < 4.78 is 13.3. The molecule has 1 unspecified atom stereocenters. The van der Waals surface area contributed by atoms with Crippen LogP contribution >= 0.6 is 11.6 Å². The number of halogens is 2. The van der Waals surface area contributed by atoms with Gasteiger partial charge in [-0.3, -0.25) is 9.69 Å². The Hall–Kier alpha value is -1.91. The minimum absolute atomic E-state index is 0.0116. The van der Waals surface area contributed by atoms with E-state index in [1.807, 2.05) is 19.1 Å². The van der Waals surface area contributed by atoms with Crippen molar-refractivity contribution in [1.29, 1.82) is 0 Å². The monoisotopic (exact) mass is 346 g/mol. The van der Waals surface area contributed by atoms with Gasteiger partial charge in [0.05, 0.1) is 11.1 Å². The van der Waals surface area contributed by atoms with Gasteiger partial charge in [-0.25, -0.2) is 4.39 Å². The SMILES string of the molecule is Cc1ccccc1CN1CCN(c2ccc(F)c(Cl)c2)C(=O)C1C. The highest BCUT2D eigenvalue weighted by molar-refractivity contribution is 6.31. The molecule has 2 aromatic carbocycles. The van der Waals surface area contributed by atoms with Crippen LogP contribution in [0.5, 0.6) is 0 Å². The molecular formula is C19H20ClFN2O. The number of piperazine rings is 1. The van der Waals surface area contributed by atoms with Gasteiger partial charge < -0.3 is 4.90 Å². The lowest BCUT2D eigenvalue weighted by molar-refractivity contribution is -0.125. The van der Waals surface area contributed by atoms with Crippen LogP contribution in [0.1, 0.15) is 18.1 Å². The summed E-state index contributed by atoms with van der Waals surface area (Å²) in [6.45, 7) is 6.07. The minimum Gasteiger partial charge on any atom is -0.310 e. The van der Waals surface area contributed by atoms with Gasteiger partial charge in [0.2, 0.25) is 5.91 Å². The number of anilines is 1. The Balaban J connectivity index is 1.76. The third-order valence-corrected chi connectivity index (χ3v) is 4.92. The number of aryl methyl sites for hydroxylation is 1. The Morgan fingerprint density at radius 2 is 1.96 bits per heavy atom. The highest BCUT2D eigenvalue weighted by atomic mass is 35.5. The highest BCUT2D eigenvalue weighted by Crippen LogP contribution is 2.26. The summed E-state index contributed by atoms with van der Waals surface area (Å²) in [7, 11) is 0. The predicted molar refractivity (Wildman–Crippen MR) is 94.8 cm³/mol. The number of carbonyl (C=O) groups excluding carboxylic acids is 1. The average Bonchev–Trinajstić information content (AvgIpc) is 2.57. The van der Waals surface area contributed by atoms with Gasteiger partial charge in [-0.2, -0.15) is 0 Å². The van der Waals surface area contributed by atoms with Gasteiger partial charge in [0.15, 0.2) is 0 Å². The molecule has 0 spiro atoms. The normalized spacial score (nSPS) is 18.9. The second kappa shape index (κ2) is 6.91. The van der Waals surface area contributed by atoms with E-state index < -0.39 is 5.82 Å². The number of amides is 1. The van der Waals surface area contributed by atoms with Crippen molar-refractivity contribution < 1.29 is 9.18 Å². The molecule has 3 nitrogen and oxygen atoms in total. The number of hydrogen-bond acceptors (Lipinski definition) is 2. The van der Waals surface area contributed by atoms with Gasteiger partial charge in [0.25, 0.3) is 0 Å². The van der Waals surface area contributed by atoms with Crippen LogP contribution < -0.4 is 4.90 Å². The number of benzene rings is 2. The zero-order valence-corrected chi connectivity index (χ0v) is 14.6. The van der Waals surface area contributed by atoms with Crippen molar-refractivity contribution >= 4 is 23.2 Å². The molecule has 1 saturated heterocycles. The Labute approximate surface area is 146 Å². The molecule has 1 aliphatic heterocycles. The van der Waals surface area contributed by atoms with Crippen LogP contribution in [0, 0.1) is 12.7 Å². The maximum absolute atomic E-state index is 13.3. The van der Waals surface area contributed by atoms with Crippen LogP contribution in [0.2, 0.25) is 5.02 Å². The lowest BCUT2D eigenvalue weighted by atomic mass is 10.1. The molecule has 1 heterocycles. The van der Waals surface area contributed by atoms with E-state index >= 15 is 0 Å². The van der Waals surface area contributed by atoms with Gasteiger partial charge in [-0.1, -0.05) is 35.9 Å². The minimum atomic E-state index is -0.473. The first-order chi connectivity index (χ1) is 11.5. The fourth-order valence-corrected chi connectivity index (χ4v) is 3.22. The smallest absolute Gasteiger partial charge is 0.244 e. The van der Waals surface area contributed by atoms with E-state index in [9.17, 15) is 9.18 Å². The predicted octanol–water partition coefficient (Wildman–Crippen LogP) is 4.02. The van der Waals surface area contributed by atoms with Crippen molar-refractivity contribution in [3.8, 4) is 0 Å². The van der Waals surface area contributed by atoms with Gasteiger partial charge in [-0.15, -0.1) is 0 Å². The summed E-state index contributed by atoms with van der Waals surface area (Å²) in [5.41, 5.74) is 3.11. The molecule has 126 valence electrons. The molecule has 0 bridgehead atoms. The Morgan fingerprint density at radius 3 is 2.67 bits per heavy atom. The maximum Gasteiger partial charge on any atom is 0.244 e. The van der Waals surface area contributed by atoms with Crippen molar-refractivity contribution in [2.75, 3.05) is 18.0 Å². The molecule has 3 rings (SSSR count). The lowest BCUT2D eigenvalue weighted by Crippen LogP contribution is -2.55. The molecule has 1 atom stereocenters. The third-order valence-electron chi connectivity index (χ3n) is 4.63. The lowest BCUT2D eigenvalue weighted by Gasteiger charge is -2.39. The molecule has 0 saturated carbocycles. The fraction of sp³-hybridized carbons (Fsp3) is 0.316. The summed E-state index contributed by atoms with van der Waals surface area (Å²) >= 11 is 5.85. The molecule has 1 aliphatic rings. The molecule has 24 heavy (non-hydrogen) atoms. The Kier molecular flexibility index (Phi) is 4.88. The summed E-state index contributed by atoms with van der Waals surface area (Å²) in [6.07, 6.45) is 0. The summed E-state index contributed by atoms with van der Waals surface area (Å²) in [6, 6.07) is 12.4. The van der Waals surface area contributed by atoms with Crippen LogP contribution in [0.3, 0.4) is 0 Å². The van der Waals surface area contributed by atoms with Crippen LogP contribution in [0.25, 0.3) is 0 Å². The number of hydrogen-bond donors (Lipinski definition) is 0. The second-order valence-electron chi connectivity index (χ2n) is 6.16. The van der Waals surface area contributed by atoms with Gasteiger partial charge in [0.1, 0.15) is 5.82 Å². The first kappa shape index (κ1) is 16.9. The molecule has 0 radical (unpaired) electrons. The van der Waals surface area contributed by atoms with Gasteiger partial charge in [-0.05, 0) is 43.2 Å². The highest BCUT2D eigenvalue weighted by Gasteiger charge is 2.32. The van der Waals surface area contributed by atoms with Crippen LogP contribution in [-0.2, 0) is 11.3 Å². The molecule has 0 aromatic heterocycles. The Bertz CT molecular complexity index is 765. The van der Waals surface area contributed by atoms with E-state index in [1.165, 1.54) is 23.3 Å². The fourth-order valence-electron chi connectivity index (χ4n) is 3.05. The van der Waals surface area contributed by atoms with Crippen LogP contribution in [0.15, 0.2) is 42.5 Å². The van der Waals surface area contributed by atoms with Crippen molar-refractivity contribution in [2.45, 2.75) is 26.4 Å². The van der Waals surface area contributed by atoms with E-state index in [0.29, 0.717) is 12.2 Å². The van der Waals surface area contributed by atoms with Gasteiger partial charge >= 0.3 is 0 Å². The summed E-state index contributed by atoms with van der Waals surface area (Å²) in [5, 5.41) is 0.0373. The zero-order valence-electron chi connectivity index (χ0n) is 13.8. The van der Waals surface area contributed by atoms with Crippen molar-refractivity contribution in [2.24, 2.45) is 0 Å². The number of nitrogens with zero attached hydrogens (tertiary/aromatic N) is 2. The third kappa shape index (κ3) is 3.30. The van der Waals surface area contributed by atoms with Crippen molar-refractivity contribution in [1.82, 2.24) is 4.90 Å². The molecular weight excluding hydrogens is 327 g/mol. The first-order valence-electron chi connectivity index (χ1n) is 8.02. The van der Waals surface area contributed by atoms with E-state index in [0.717, 1.165) is 13.1 Å². The number of rotatable bonds is 3. The summed E-state index contributed by atoms with van der Waals surface area (Å²) in [4.78, 5) is 16.6. The Morgan fingerprint density at radius 1 is 1.21 bits per heavy atom. The van der Waals surface area contributed by atoms with E-state index in [2.05, 4.69) is 24.0 Å². The zero-order chi connectivity index (χ0) is 17.3. The molecule has 5 heteroatoms. The molecule has 0 aliphatic carbocycles. The standard InChI is InChI=1S/C19H20ClFN2O/c1-13-5-3-4-6-15(13)12-22-9-10-23(19(24)14(22)2)16-7-8-18(21)17(20)11-16/h3-8,11,14H,9-10,12H2,1-2H3. The average molecular weight is 347 g/mol. The number of carbonyl (C=O) groups is 1. The van der Waals surface area contributed by atoms with E-state index in [4.69, 9.17) is 11.6 Å². The largest absolute Gasteiger partial charge is 0.310 e. The first-order valence-corrected chi connectivity index (χ1v) is 8.40. The topological polar surface area (TPSA) is 23.6 Å². The maximum atomic E-state index is 13.3. The van der Waals surface area contributed by atoms with Crippen molar-refractivity contribution in [3.63, 3.8) is 0 Å². The van der Waals surface area contributed by atoms with E-state index in [1.54, 1.807) is 11.0 Å².